The Morgan fingerprint density at radius 1 is 1.20 bits per heavy atom. The van der Waals surface area contributed by atoms with E-state index >= 15 is 0 Å². The summed E-state index contributed by atoms with van der Waals surface area (Å²) in [5.41, 5.74) is 0. The quantitative estimate of drug-likeness (QED) is 0.568. The Kier molecular flexibility index (Phi) is 10.3. The SMILES string of the molecule is COCCCCN(C)CCCNC(C)C.[HH]. The van der Waals surface area contributed by atoms with Crippen LogP contribution in [0.2, 0.25) is 0 Å². The molecule has 3 nitrogen and oxygen atoms in total. The first-order valence-electron chi connectivity index (χ1n) is 6.07. The van der Waals surface area contributed by atoms with Gasteiger partial charge in [0.05, 0.1) is 0 Å². The molecule has 0 heterocycles. The Bertz CT molecular complexity index is 134. The molecule has 0 aliphatic heterocycles. The van der Waals surface area contributed by atoms with E-state index in [4.69, 9.17) is 4.74 Å². The maximum Gasteiger partial charge on any atom is 0.0462 e. The van der Waals surface area contributed by atoms with Crippen LogP contribution in [0.5, 0.6) is 0 Å². The zero-order valence-electron chi connectivity index (χ0n) is 10.9. The molecule has 1 N–H and O–H groups in total. The summed E-state index contributed by atoms with van der Waals surface area (Å²) in [5.74, 6) is 0. The lowest BCUT2D eigenvalue weighted by molar-refractivity contribution is 0.187. The van der Waals surface area contributed by atoms with Crippen molar-refractivity contribution in [3.05, 3.63) is 0 Å². The fourth-order valence-corrected chi connectivity index (χ4v) is 1.48. The van der Waals surface area contributed by atoms with Crippen LogP contribution in [0.3, 0.4) is 0 Å². The lowest BCUT2D eigenvalue weighted by Crippen LogP contribution is -2.28. The van der Waals surface area contributed by atoms with Crippen LogP contribution in [0.1, 0.15) is 34.5 Å². The van der Waals surface area contributed by atoms with Gasteiger partial charge in [0.25, 0.3) is 0 Å². The lowest BCUT2D eigenvalue weighted by atomic mass is 10.3. The van der Waals surface area contributed by atoms with E-state index in [1.807, 2.05) is 0 Å². The van der Waals surface area contributed by atoms with Crippen LogP contribution < -0.4 is 5.32 Å². The van der Waals surface area contributed by atoms with Crippen molar-refractivity contribution in [2.24, 2.45) is 0 Å². The molecule has 0 saturated heterocycles. The third kappa shape index (κ3) is 11.8. The highest BCUT2D eigenvalue weighted by molar-refractivity contribution is 4.56. The highest BCUT2D eigenvalue weighted by atomic mass is 16.5. The zero-order valence-corrected chi connectivity index (χ0v) is 10.9. The van der Waals surface area contributed by atoms with Crippen LogP contribution in [-0.4, -0.2) is 51.3 Å². The predicted molar refractivity (Wildman–Crippen MR) is 68.5 cm³/mol. The monoisotopic (exact) mass is 218 g/mol. The van der Waals surface area contributed by atoms with E-state index in [9.17, 15) is 0 Å². The van der Waals surface area contributed by atoms with Crippen LogP contribution in [0.15, 0.2) is 0 Å². The summed E-state index contributed by atoms with van der Waals surface area (Å²) in [4.78, 5) is 2.40. The predicted octanol–water partition coefficient (Wildman–Crippen LogP) is 1.98. The van der Waals surface area contributed by atoms with E-state index < -0.39 is 0 Å². The Labute approximate surface area is 96.7 Å². The van der Waals surface area contributed by atoms with Gasteiger partial charge in [-0.2, -0.15) is 0 Å². The van der Waals surface area contributed by atoms with Crippen molar-refractivity contribution in [1.29, 1.82) is 0 Å². The first kappa shape index (κ1) is 14.9. The molecule has 0 bridgehead atoms. The molecular weight excluding hydrogens is 188 g/mol. The van der Waals surface area contributed by atoms with Gasteiger partial charge in [0.15, 0.2) is 0 Å². The average molecular weight is 218 g/mol. The fourth-order valence-electron chi connectivity index (χ4n) is 1.48. The molecule has 0 spiro atoms. The van der Waals surface area contributed by atoms with Crippen LogP contribution in [-0.2, 0) is 4.74 Å². The molecule has 0 aromatic rings. The van der Waals surface area contributed by atoms with Gasteiger partial charge in [-0.3, -0.25) is 0 Å². The van der Waals surface area contributed by atoms with Crippen LogP contribution in [0, 0.1) is 0 Å². The van der Waals surface area contributed by atoms with Gasteiger partial charge in [-0.15, -0.1) is 0 Å². The number of nitrogens with one attached hydrogen (secondary N) is 1. The third-order valence-corrected chi connectivity index (χ3v) is 2.41. The summed E-state index contributed by atoms with van der Waals surface area (Å²) in [5, 5.41) is 3.43. The van der Waals surface area contributed by atoms with Gasteiger partial charge in [-0.1, -0.05) is 13.8 Å². The van der Waals surface area contributed by atoms with Gasteiger partial charge in [0, 0.05) is 21.2 Å². The lowest BCUT2D eigenvalue weighted by Gasteiger charge is -2.17. The molecule has 15 heavy (non-hydrogen) atoms. The van der Waals surface area contributed by atoms with Crippen molar-refractivity contribution >= 4 is 0 Å². The summed E-state index contributed by atoms with van der Waals surface area (Å²) in [7, 11) is 3.96. The number of hydrogen-bond donors (Lipinski definition) is 1. The molecular formula is C12H30N2O. The molecule has 0 atom stereocenters. The van der Waals surface area contributed by atoms with Gasteiger partial charge >= 0.3 is 0 Å². The highest BCUT2D eigenvalue weighted by Crippen LogP contribution is 1.94. The van der Waals surface area contributed by atoms with E-state index in [0.717, 1.165) is 13.2 Å². The Hall–Kier alpha value is -0.120. The minimum atomic E-state index is 0. The summed E-state index contributed by atoms with van der Waals surface area (Å²) in [6.45, 7) is 8.77. The molecule has 3 heteroatoms. The van der Waals surface area contributed by atoms with Crippen molar-refractivity contribution in [2.75, 3.05) is 40.4 Å². The normalized spacial score (nSPS) is 11.6. The van der Waals surface area contributed by atoms with Crippen molar-refractivity contribution in [2.45, 2.75) is 39.2 Å². The molecule has 0 radical (unpaired) electrons. The summed E-state index contributed by atoms with van der Waals surface area (Å²) in [6.07, 6.45) is 3.64. The molecule has 0 fully saturated rings. The van der Waals surface area contributed by atoms with Crippen LogP contribution >= 0.6 is 0 Å². The second-order valence-corrected chi connectivity index (χ2v) is 4.47. The van der Waals surface area contributed by atoms with Gasteiger partial charge in [0.2, 0.25) is 0 Å². The second kappa shape index (κ2) is 10.4. The third-order valence-electron chi connectivity index (χ3n) is 2.41. The van der Waals surface area contributed by atoms with E-state index in [1.165, 1.54) is 32.4 Å². The standard InChI is InChI=1S/C12H28N2O.H2/c1-12(2)13-8-7-10-14(3)9-5-6-11-15-4;/h12-13H,5-11H2,1-4H3;1H. The number of hydrogen-bond acceptors (Lipinski definition) is 3. The molecule has 0 aliphatic rings. The van der Waals surface area contributed by atoms with Gasteiger partial charge < -0.3 is 15.0 Å². The summed E-state index contributed by atoms with van der Waals surface area (Å²) >= 11 is 0. The first-order valence-corrected chi connectivity index (χ1v) is 6.07. The molecule has 0 aliphatic carbocycles. The number of methoxy groups -OCH3 is 1. The maximum atomic E-state index is 5.02. The Morgan fingerprint density at radius 3 is 2.47 bits per heavy atom. The minimum Gasteiger partial charge on any atom is -0.385 e. The van der Waals surface area contributed by atoms with Crippen molar-refractivity contribution in [3.63, 3.8) is 0 Å². The maximum absolute atomic E-state index is 5.02. The topological polar surface area (TPSA) is 24.5 Å². The fraction of sp³-hybridized carbons (Fsp3) is 1.00. The zero-order chi connectivity index (χ0) is 11.5. The molecule has 0 saturated carbocycles. The van der Waals surface area contributed by atoms with Gasteiger partial charge in [0.1, 0.15) is 0 Å². The molecule has 0 unspecified atom stereocenters. The van der Waals surface area contributed by atoms with E-state index in [0.29, 0.717) is 6.04 Å². The smallest absolute Gasteiger partial charge is 0.0462 e. The highest BCUT2D eigenvalue weighted by Gasteiger charge is 1.98. The van der Waals surface area contributed by atoms with E-state index in [2.05, 4.69) is 31.1 Å². The Balaban J connectivity index is 0. The molecule has 0 amide bonds. The number of unbranched alkanes of at least 4 members (excludes halogenated alkanes) is 1. The number of rotatable bonds is 10. The van der Waals surface area contributed by atoms with Gasteiger partial charge in [-0.25, -0.2) is 0 Å². The van der Waals surface area contributed by atoms with Crippen LogP contribution in [0.25, 0.3) is 0 Å². The van der Waals surface area contributed by atoms with Crippen molar-refractivity contribution in [3.8, 4) is 0 Å². The first-order chi connectivity index (χ1) is 7.16. The molecule has 94 valence electrons. The van der Waals surface area contributed by atoms with Crippen molar-refractivity contribution < 1.29 is 6.16 Å². The minimum absolute atomic E-state index is 0. The second-order valence-electron chi connectivity index (χ2n) is 4.47. The largest absolute Gasteiger partial charge is 0.385 e. The molecule has 0 rings (SSSR count). The summed E-state index contributed by atoms with van der Waals surface area (Å²) < 4.78 is 5.02. The number of ether oxygens (including phenoxy) is 1. The average Bonchev–Trinajstić information content (AvgIpc) is 2.19. The molecule has 0 aromatic carbocycles. The summed E-state index contributed by atoms with van der Waals surface area (Å²) in [6, 6.07) is 0.608. The van der Waals surface area contributed by atoms with E-state index in [1.54, 1.807) is 7.11 Å². The van der Waals surface area contributed by atoms with Gasteiger partial charge in [-0.05, 0) is 45.9 Å². The van der Waals surface area contributed by atoms with Crippen molar-refractivity contribution in [1.82, 2.24) is 10.2 Å². The number of nitrogens with zero attached hydrogens (tertiary/aromatic N) is 1. The molecule has 0 aromatic heterocycles. The van der Waals surface area contributed by atoms with Crippen LogP contribution in [0.4, 0.5) is 0 Å². The van der Waals surface area contributed by atoms with E-state index in [-0.39, 0.29) is 1.43 Å². The Morgan fingerprint density at radius 2 is 1.87 bits per heavy atom.